The summed E-state index contributed by atoms with van der Waals surface area (Å²) in [6.45, 7) is 0.168. The largest absolute Gasteiger partial charge is 0.355 e. The molecule has 19 heavy (non-hydrogen) atoms. The van der Waals surface area contributed by atoms with Crippen LogP contribution in [0.5, 0.6) is 0 Å². The fourth-order valence-electron chi connectivity index (χ4n) is 1.56. The molecular weight excluding hydrogens is 269 g/mol. The number of rotatable bonds is 7. The van der Waals surface area contributed by atoms with Gasteiger partial charge in [0.05, 0.1) is 11.8 Å². The van der Waals surface area contributed by atoms with Crippen molar-refractivity contribution in [2.75, 3.05) is 12.3 Å². The van der Waals surface area contributed by atoms with E-state index in [1.165, 1.54) is 0 Å². The third kappa shape index (κ3) is 6.90. The quantitative estimate of drug-likeness (QED) is 0.481. The molecule has 0 fully saturated rings. The number of benzene rings is 1. The first kappa shape index (κ1) is 15.6. The molecular formula is C12H18N2O4S. The molecule has 0 aliphatic carbocycles. The lowest BCUT2D eigenvalue weighted by Crippen LogP contribution is -2.42. The molecule has 1 aromatic rings. The van der Waals surface area contributed by atoms with Crippen molar-refractivity contribution >= 4 is 16.0 Å². The Bertz CT molecular complexity index is 502. The summed E-state index contributed by atoms with van der Waals surface area (Å²) in [5.74, 6) is -0.708. The highest BCUT2D eigenvalue weighted by molar-refractivity contribution is 7.85. The number of nitrogens with one attached hydrogen (secondary N) is 1. The van der Waals surface area contributed by atoms with Gasteiger partial charge in [0, 0.05) is 6.54 Å². The highest BCUT2D eigenvalue weighted by atomic mass is 32.2. The smallest absolute Gasteiger partial charge is 0.264 e. The van der Waals surface area contributed by atoms with Gasteiger partial charge in [-0.05, 0) is 18.4 Å². The van der Waals surface area contributed by atoms with Crippen molar-refractivity contribution in [1.82, 2.24) is 5.32 Å². The predicted molar refractivity (Wildman–Crippen MR) is 72.2 cm³/mol. The maximum Gasteiger partial charge on any atom is 0.264 e. The van der Waals surface area contributed by atoms with E-state index in [2.05, 4.69) is 5.32 Å². The molecule has 1 rings (SSSR count). The summed E-state index contributed by atoms with van der Waals surface area (Å²) in [7, 11) is -3.97. The molecule has 106 valence electrons. The monoisotopic (exact) mass is 287 g/mol. The van der Waals surface area contributed by atoms with Gasteiger partial charge in [-0.15, -0.1) is 0 Å². The molecule has 0 spiro atoms. The summed E-state index contributed by atoms with van der Waals surface area (Å²) in [5, 5.41) is 2.54. The van der Waals surface area contributed by atoms with E-state index in [1.807, 2.05) is 30.3 Å². The van der Waals surface area contributed by atoms with Gasteiger partial charge in [-0.1, -0.05) is 30.3 Å². The van der Waals surface area contributed by atoms with Crippen LogP contribution in [0.25, 0.3) is 0 Å². The Morgan fingerprint density at radius 1 is 1.37 bits per heavy atom. The zero-order chi connectivity index (χ0) is 14.3. The van der Waals surface area contributed by atoms with Gasteiger partial charge in [0.25, 0.3) is 10.1 Å². The lowest BCUT2D eigenvalue weighted by molar-refractivity contribution is -0.122. The molecule has 0 saturated carbocycles. The molecule has 0 saturated heterocycles. The van der Waals surface area contributed by atoms with Crippen molar-refractivity contribution in [3.63, 3.8) is 0 Å². The summed E-state index contributed by atoms with van der Waals surface area (Å²) < 4.78 is 29.5. The maximum atomic E-state index is 11.6. The standard InChI is InChI=1S/C12H18N2O4S/c13-11(9-10-5-2-1-3-6-10)12(15)14-7-4-8-19(16,17)18/h1-3,5-6,11H,4,7-9,13H2,(H,14,15)(H,16,17,18)/t11-/m0/s1/i15+1. The number of amides is 1. The fourth-order valence-corrected chi connectivity index (χ4v) is 2.07. The number of nitrogens with two attached hydrogens (primary N) is 1. The second-order valence-corrected chi connectivity index (χ2v) is 5.80. The van der Waals surface area contributed by atoms with Gasteiger partial charge in [-0.25, -0.2) is 0 Å². The zero-order valence-corrected chi connectivity index (χ0v) is 11.3. The van der Waals surface area contributed by atoms with E-state index in [-0.39, 0.29) is 24.6 Å². The van der Waals surface area contributed by atoms with Gasteiger partial charge in [-0.3, -0.25) is 9.35 Å². The van der Waals surface area contributed by atoms with Crippen LogP contribution in [-0.2, 0) is 21.3 Å². The lowest BCUT2D eigenvalue weighted by atomic mass is 10.1. The zero-order valence-electron chi connectivity index (χ0n) is 10.5. The Labute approximate surface area is 112 Å². The summed E-state index contributed by atoms with van der Waals surface area (Å²) >= 11 is 0. The average Bonchev–Trinajstić information content (AvgIpc) is 2.34. The normalized spacial score (nSPS) is 12.9. The molecule has 4 N–H and O–H groups in total. The second-order valence-electron chi connectivity index (χ2n) is 4.23. The average molecular weight is 287 g/mol. The molecule has 7 heteroatoms. The fraction of sp³-hybridized carbons (Fsp3) is 0.417. The number of carbonyl (C=O) groups is 1. The molecule has 0 aliphatic rings. The molecule has 0 aliphatic heterocycles. The third-order valence-corrected chi connectivity index (χ3v) is 3.32. The number of hydrogen-bond acceptors (Lipinski definition) is 4. The minimum atomic E-state index is -3.97. The predicted octanol–water partition coefficient (Wildman–Crippen LogP) is -0.0495. The summed E-state index contributed by atoms with van der Waals surface area (Å²) in [4.78, 5) is 11.6. The highest BCUT2D eigenvalue weighted by Gasteiger charge is 2.13. The van der Waals surface area contributed by atoms with Crippen LogP contribution in [0.3, 0.4) is 0 Å². The van der Waals surface area contributed by atoms with Crippen molar-refractivity contribution in [2.24, 2.45) is 5.73 Å². The van der Waals surface area contributed by atoms with Crippen molar-refractivity contribution < 1.29 is 17.8 Å². The minimum absolute atomic E-state index is 0.155. The summed E-state index contributed by atoms with van der Waals surface area (Å²) in [6.07, 6.45) is 0.577. The van der Waals surface area contributed by atoms with E-state index in [1.54, 1.807) is 0 Å². The number of hydrogen-bond donors (Lipinski definition) is 3. The molecule has 1 aromatic carbocycles. The SMILES string of the molecule is N[C@@H](Cc1ccccc1)C(=[17O])NCCCS(=O)(=O)O. The second kappa shape index (κ2) is 7.22. The van der Waals surface area contributed by atoms with Gasteiger partial charge in [-0.2, -0.15) is 8.42 Å². The first-order valence-electron chi connectivity index (χ1n) is 5.91. The van der Waals surface area contributed by atoms with E-state index < -0.39 is 16.2 Å². The molecule has 0 radical (unpaired) electrons. The summed E-state index contributed by atoms with van der Waals surface area (Å²) in [5.41, 5.74) is 6.70. The molecule has 0 unspecified atom stereocenters. The molecule has 1 atom stereocenters. The third-order valence-electron chi connectivity index (χ3n) is 2.51. The van der Waals surface area contributed by atoms with Crippen molar-refractivity contribution in [3.8, 4) is 0 Å². The van der Waals surface area contributed by atoms with Crippen LogP contribution in [0.2, 0.25) is 0 Å². The Morgan fingerprint density at radius 2 is 2.00 bits per heavy atom. The highest BCUT2D eigenvalue weighted by Crippen LogP contribution is 2.01. The van der Waals surface area contributed by atoms with E-state index >= 15 is 0 Å². The number of carbonyl (C=O) groups excluding carboxylic acids is 1. The van der Waals surface area contributed by atoms with Gasteiger partial charge in [0.2, 0.25) is 5.91 Å². The van der Waals surface area contributed by atoms with Gasteiger partial charge in [0.15, 0.2) is 0 Å². The van der Waals surface area contributed by atoms with Crippen LogP contribution < -0.4 is 11.1 Å². The topological polar surface area (TPSA) is 109 Å². The molecule has 6 nitrogen and oxygen atoms in total. The molecule has 1 amide bonds. The van der Waals surface area contributed by atoms with Crippen LogP contribution >= 0.6 is 0 Å². The Hall–Kier alpha value is -1.44. The van der Waals surface area contributed by atoms with Crippen LogP contribution in [0.1, 0.15) is 12.0 Å². The molecule has 0 heterocycles. The minimum Gasteiger partial charge on any atom is -0.355 e. The summed E-state index contributed by atoms with van der Waals surface area (Å²) in [6, 6.07) is 8.70. The van der Waals surface area contributed by atoms with E-state index in [4.69, 9.17) is 10.3 Å². The van der Waals surface area contributed by atoms with E-state index in [9.17, 15) is 13.2 Å². The van der Waals surface area contributed by atoms with Crippen LogP contribution in [0.15, 0.2) is 30.3 Å². The van der Waals surface area contributed by atoms with Crippen LogP contribution in [0.4, 0.5) is 0 Å². The van der Waals surface area contributed by atoms with E-state index in [0.717, 1.165) is 5.56 Å². The van der Waals surface area contributed by atoms with Crippen molar-refractivity contribution in [2.45, 2.75) is 18.9 Å². The molecule has 0 aromatic heterocycles. The van der Waals surface area contributed by atoms with Crippen LogP contribution in [-0.4, -0.2) is 37.2 Å². The Kier molecular flexibility index (Phi) is 5.94. The maximum absolute atomic E-state index is 11.6. The van der Waals surface area contributed by atoms with Crippen molar-refractivity contribution in [1.29, 1.82) is 0 Å². The molecule has 0 bridgehead atoms. The van der Waals surface area contributed by atoms with Gasteiger partial charge < -0.3 is 11.1 Å². The van der Waals surface area contributed by atoms with Gasteiger partial charge in [0.1, 0.15) is 0 Å². The first-order chi connectivity index (χ1) is 8.88. The van der Waals surface area contributed by atoms with Crippen molar-refractivity contribution in [3.05, 3.63) is 35.9 Å². The Morgan fingerprint density at radius 3 is 2.58 bits per heavy atom. The lowest BCUT2D eigenvalue weighted by Gasteiger charge is -2.12. The van der Waals surface area contributed by atoms with Crippen LogP contribution in [0, 0.1) is 0 Å². The Balaban J connectivity index is 2.29. The first-order valence-corrected chi connectivity index (χ1v) is 7.52. The van der Waals surface area contributed by atoms with Gasteiger partial charge >= 0.3 is 0 Å². The van der Waals surface area contributed by atoms with E-state index in [0.29, 0.717) is 6.42 Å².